The van der Waals surface area contributed by atoms with E-state index in [1.807, 2.05) is 32.0 Å². The van der Waals surface area contributed by atoms with Crippen LogP contribution in [0.4, 0.5) is 10.1 Å². The van der Waals surface area contributed by atoms with E-state index in [9.17, 15) is 14.0 Å². The summed E-state index contributed by atoms with van der Waals surface area (Å²) < 4.78 is 18.6. The van der Waals surface area contributed by atoms with Crippen LogP contribution in [0, 0.1) is 19.7 Å². The molecular weight excluding hydrogens is 368 g/mol. The molecule has 1 amide bonds. The van der Waals surface area contributed by atoms with Crippen LogP contribution >= 0.6 is 23.2 Å². The number of carbonyl (C=O) groups is 2. The van der Waals surface area contributed by atoms with Gasteiger partial charge in [-0.25, -0.2) is 9.18 Å². The van der Waals surface area contributed by atoms with Crippen molar-refractivity contribution in [2.45, 2.75) is 26.9 Å². The third-order valence-corrected chi connectivity index (χ3v) is 4.21. The number of nitrogens with one attached hydrogen (secondary N) is 1. The number of anilines is 1. The molecule has 0 aliphatic carbocycles. The van der Waals surface area contributed by atoms with Gasteiger partial charge in [0.05, 0.1) is 15.6 Å². The predicted molar refractivity (Wildman–Crippen MR) is 95.8 cm³/mol. The highest BCUT2D eigenvalue weighted by Gasteiger charge is 2.22. The quantitative estimate of drug-likeness (QED) is 0.601. The van der Waals surface area contributed by atoms with Gasteiger partial charge in [0, 0.05) is 5.69 Å². The number of esters is 1. The van der Waals surface area contributed by atoms with Crippen LogP contribution in [0.1, 0.15) is 28.4 Å². The second-order valence-corrected chi connectivity index (χ2v) is 6.36. The van der Waals surface area contributed by atoms with Gasteiger partial charge in [-0.2, -0.15) is 0 Å². The molecule has 0 fully saturated rings. The Hall–Kier alpha value is -2.11. The number of amides is 1. The van der Waals surface area contributed by atoms with E-state index in [1.54, 1.807) is 0 Å². The van der Waals surface area contributed by atoms with Gasteiger partial charge >= 0.3 is 5.97 Å². The number of hydrogen-bond donors (Lipinski definition) is 1. The number of carbonyl (C=O) groups excluding carboxylic acids is 2. The Morgan fingerprint density at radius 3 is 2.32 bits per heavy atom. The molecule has 7 heteroatoms. The predicted octanol–water partition coefficient (Wildman–Crippen LogP) is 4.93. The van der Waals surface area contributed by atoms with Crippen molar-refractivity contribution in [2.75, 3.05) is 5.32 Å². The number of hydrogen-bond acceptors (Lipinski definition) is 3. The lowest BCUT2D eigenvalue weighted by Gasteiger charge is -2.16. The van der Waals surface area contributed by atoms with Crippen LogP contribution in [0.3, 0.4) is 0 Å². The largest absolute Gasteiger partial charge is 0.449 e. The van der Waals surface area contributed by atoms with Gasteiger partial charge in [-0.3, -0.25) is 4.79 Å². The maximum Gasteiger partial charge on any atom is 0.340 e. The lowest BCUT2D eigenvalue weighted by molar-refractivity contribution is -0.123. The first-order valence-corrected chi connectivity index (χ1v) is 8.19. The summed E-state index contributed by atoms with van der Waals surface area (Å²) in [5.41, 5.74) is 2.23. The minimum absolute atomic E-state index is 0.0567. The molecule has 0 aliphatic rings. The van der Waals surface area contributed by atoms with E-state index in [0.717, 1.165) is 23.3 Å². The zero-order valence-electron chi connectivity index (χ0n) is 13.8. The van der Waals surface area contributed by atoms with Gasteiger partial charge in [-0.05, 0) is 44.0 Å². The topological polar surface area (TPSA) is 55.4 Å². The molecule has 1 atom stereocenters. The van der Waals surface area contributed by atoms with Crippen molar-refractivity contribution in [1.29, 1.82) is 0 Å². The monoisotopic (exact) mass is 383 g/mol. The van der Waals surface area contributed by atoms with Crippen LogP contribution < -0.4 is 5.32 Å². The molecule has 4 nitrogen and oxygen atoms in total. The van der Waals surface area contributed by atoms with Crippen molar-refractivity contribution in [3.8, 4) is 0 Å². The van der Waals surface area contributed by atoms with E-state index in [0.29, 0.717) is 5.69 Å². The smallest absolute Gasteiger partial charge is 0.340 e. The maximum absolute atomic E-state index is 13.5. The Labute approximate surface area is 154 Å². The van der Waals surface area contributed by atoms with Crippen LogP contribution in [0.25, 0.3) is 0 Å². The number of ether oxygens (including phenoxy) is 1. The van der Waals surface area contributed by atoms with Crippen molar-refractivity contribution < 1.29 is 18.7 Å². The van der Waals surface area contributed by atoms with E-state index >= 15 is 0 Å². The van der Waals surface area contributed by atoms with Gasteiger partial charge < -0.3 is 10.1 Å². The summed E-state index contributed by atoms with van der Waals surface area (Å²) in [6.45, 7) is 5.13. The van der Waals surface area contributed by atoms with Gasteiger partial charge in [-0.15, -0.1) is 0 Å². The average Bonchev–Trinajstić information content (AvgIpc) is 2.54. The third kappa shape index (κ3) is 4.50. The van der Waals surface area contributed by atoms with Gasteiger partial charge in [0.15, 0.2) is 6.10 Å². The van der Waals surface area contributed by atoms with Gasteiger partial charge in [0.2, 0.25) is 0 Å². The molecule has 0 radical (unpaired) electrons. The van der Waals surface area contributed by atoms with Gasteiger partial charge in [0.1, 0.15) is 5.82 Å². The number of rotatable bonds is 4. The highest BCUT2D eigenvalue weighted by atomic mass is 35.5. The van der Waals surface area contributed by atoms with Crippen LogP contribution in [0.5, 0.6) is 0 Å². The van der Waals surface area contributed by atoms with Crippen LogP contribution in [0.2, 0.25) is 10.0 Å². The zero-order valence-corrected chi connectivity index (χ0v) is 15.3. The molecule has 132 valence electrons. The van der Waals surface area contributed by atoms with E-state index < -0.39 is 23.8 Å². The number of benzene rings is 2. The summed E-state index contributed by atoms with van der Waals surface area (Å²) in [6.07, 6.45) is -1.10. The van der Waals surface area contributed by atoms with Crippen molar-refractivity contribution in [2.24, 2.45) is 0 Å². The van der Waals surface area contributed by atoms with E-state index in [4.69, 9.17) is 27.9 Å². The Kier molecular flexibility index (Phi) is 6.03. The van der Waals surface area contributed by atoms with Crippen molar-refractivity contribution in [1.82, 2.24) is 0 Å². The molecule has 0 aliphatic heterocycles. The fraction of sp³-hybridized carbons (Fsp3) is 0.222. The molecule has 1 N–H and O–H groups in total. The first-order chi connectivity index (χ1) is 11.7. The maximum atomic E-state index is 13.5. The molecule has 0 spiro atoms. The standard InChI is InChI=1S/C18H16Cl2FNO3/c1-9-5-4-6-10(2)16(9)22-17(23)11(3)25-18(24)12-7-15(21)14(20)8-13(12)19/h4-8,11H,1-3H3,(H,22,23)/t11-/m0/s1. The Bertz CT molecular complexity index is 819. The fourth-order valence-corrected chi connectivity index (χ4v) is 2.65. The van der Waals surface area contributed by atoms with Crippen LogP contribution in [0.15, 0.2) is 30.3 Å². The van der Waals surface area contributed by atoms with Crippen molar-refractivity contribution >= 4 is 40.8 Å². The molecular formula is C18H16Cl2FNO3. The van der Waals surface area contributed by atoms with E-state index in [1.165, 1.54) is 6.92 Å². The number of para-hydroxylation sites is 1. The Morgan fingerprint density at radius 2 is 1.72 bits per heavy atom. The van der Waals surface area contributed by atoms with E-state index in [-0.39, 0.29) is 15.6 Å². The molecule has 0 aromatic heterocycles. The molecule has 0 unspecified atom stereocenters. The minimum atomic E-state index is -1.10. The molecule has 2 aromatic carbocycles. The highest BCUT2D eigenvalue weighted by molar-refractivity contribution is 6.36. The number of halogens is 3. The molecule has 0 saturated heterocycles. The second kappa shape index (κ2) is 7.85. The normalized spacial score (nSPS) is 11.8. The fourth-order valence-electron chi connectivity index (χ4n) is 2.19. The summed E-state index contributed by atoms with van der Waals surface area (Å²) >= 11 is 11.5. The average molecular weight is 384 g/mol. The Balaban J connectivity index is 2.11. The van der Waals surface area contributed by atoms with Gasteiger partial charge in [0.25, 0.3) is 5.91 Å². The summed E-state index contributed by atoms with van der Waals surface area (Å²) in [5.74, 6) is -2.22. The second-order valence-electron chi connectivity index (χ2n) is 5.55. The highest BCUT2D eigenvalue weighted by Crippen LogP contribution is 2.25. The Morgan fingerprint density at radius 1 is 1.12 bits per heavy atom. The molecule has 0 saturated carbocycles. The summed E-state index contributed by atoms with van der Waals surface area (Å²) in [6, 6.07) is 7.57. The number of aryl methyl sites for hydroxylation is 2. The summed E-state index contributed by atoms with van der Waals surface area (Å²) in [4.78, 5) is 24.4. The van der Waals surface area contributed by atoms with Gasteiger partial charge in [-0.1, -0.05) is 41.4 Å². The van der Waals surface area contributed by atoms with Crippen LogP contribution in [-0.4, -0.2) is 18.0 Å². The SMILES string of the molecule is Cc1cccc(C)c1NC(=O)[C@H](C)OC(=O)c1cc(F)c(Cl)cc1Cl. The molecule has 0 heterocycles. The third-order valence-electron chi connectivity index (χ3n) is 3.61. The zero-order chi connectivity index (χ0) is 18.7. The first kappa shape index (κ1) is 19.2. The summed E-state index contributed by atoms with van der Waals surface area (Å²) in [7, 11) is 0. The molecule has 2 rings (SSSR count). The van der Waals surface area contributed by atoms with Crippen molar-refractivity contribution in [3.63, 3.8) is 0 Å². The molecule has 25 heavy (non-hydrogen) atoms. The minimum Gasteiger partial charge on any atom is -0.449 e. The first-order valence-electron chi connectivity index (χ1n) is 7.43. The molecule has 0 bridgehead atoms. The van der Waals surface area contributed by atoms with E-state index in [2.05, 4.69) is 5.32 Å². The van der Waals surface area contributed by atoms with Crippen molar-refractivity contribution in [3.05, 3.63) is 62.9 Å². The lowest BCUT2D eigenvalue weighted by Crippen LogP contribution is -2.30. The lowest BCUT2D eigenvalue weighted by atomic mass is 10.1. The van der Waals surface area contributed by atoms with Crippen LogP contribution in [-0.2, 0) is 9.53 Å². The molecule has 2 aromatic rings. The summed E-state index contributed by atoms with van der Waals surface area (Å²) in [5, 5.41) is 2.46.